The SMILES string of the molecule is O=C=Nc1ccc(-c2cc(Cl)cc(Cl)c2)cc1. The van der Waals surface area contributed by atoms with Gasteiger partial charge in [-0.2, -0.15) is 4.99 Å². The minimum Gasteiger partial charge on any atom is -0.211 e. The van der Waals surface area contributed by atoms with Crippen molar-refractivity contribution in [3.8, 4) is 11.1 Å². The van der Waals surface area contributed by atoms with Gasteiger partial charge in [0.15, 0.2) is 0 Å². The molecule has 0 aliphatic rings. The van der Waals surface area contributed by atoms with Gasteiger partial charge in [0.2, 0.25) is 6.08 Å². The molecule has 2 nitrogen and oxygen atoms in total. The molecular weight excluding hydrogens is 257 g/mol. The topological polar surface area (TPSA) is 29.4 Å². The van der Waals surface area contributed by atoms with E-state index in [0.29, 0.717) is 15.7 Å². The van der Waals surface area contributed by atoms with Gasteiger partial charge in [0.1, 0.15) is 0 Å². The van der Waals surface area contributed by atoms with Crippen LogP contribution in [0.5, 0.6) is 0 Å². The van der Waals surface area contributed by atoms with E-state index < -0.39 is 0 Å². The number of carbonyl (C=O) groups excluding carboxylic acids is 1. The molecular formula is C13H7Cl2NO. The second kappa shape index (κ2) is 5.15. The lowest BCUT2D eigenvalue weighted by Gasteiger charge is -2.03. The number of isocyanates is 1. The fraction of sp³-hybridized carbons (Fsp3) is 0. The number of hydrogen-bond donors (Lipinski definition) is 0. The average Bonchev–Trinajstić information content (AvgIpc) is 2.29. The highest BCUT2D eigenvalue weighted by atomic mass is 35.5. The molecule has 0 atom stereocenters. The fourth-order valence-corrected chi connectivity index (χ4v) is 2.03. The van der Waals surface area contributed by atoms with E-state index in [4.69, 9.17) is 23.2 Å². The number of halogens is 2. The van der Waals surface area contributed by atoms with Crippen LogP contribution in [0.25, 0.3) is 11.1 Å². The normalized spacial score (nSPS) is 9.76. The van der Waals surface area contributed by atoms with E-state index in [1.807, 2.05) is 24.3 Å². The predicted molar refractivity (Wildman–Crippen MR) is 69.7 cm³/mol. The molecule has 0 spiro atoms. The van der Waals surface area contributed by atoms with Crippen LogP contribution in [0.15, 0.2) is 47.5 Å². The van der Waals surface area contributed by atoms with Crippen molar-refractivity contribution in [1.29, 1.82) is 0 Å². The Labute approximate surface area is 109 Å². The largest absolute Gasteiger partial charge is 0.240 e. The summed E-state index contributed by atoms with van der Waals surface area (Å²) < 4.78 is 0. The second-order valence-electron chi connectivity index (χ2n) is 3.41. The zero-order valence-corrected chi connectivity index (χ0v) is 10.2. The molecule has 0 unspecified atom stereocenters. The first-order valence-corrected chi connectivity index (χ1v) is 5.59. The average molecular weight is 264 g/mol. The number of aliphatic imine (C=N–C) groups is 1. The smallest absolute Gasteiger partial charge is 0.211 e. The number of benzene rings is 2. The van der Waals surface area contributed by atoms with Crippen LogP contribution in [0.2, 0.25) is 10.0 Å². The Balaban J connectivity index is 2.42. The van der Waals surface area contributed by atoms with Crippen molar-refractivity contribution in [2.24, 2.45) is 4.99 Å². The molecule has 2 aromatic rings. The third kappa shape index (κ3) is 2.95. The molecule has 2 aromatic carbocycles. The van der Waals surface area contributed by atoms with E-state index in [-0.39, 0.29) is 0 Å². The zero-order valence-electron chi connectivity index (χ0n) is 8.65. The molecule has 4 heteroatoms. The van der Waals surface area contributed by atoms with Crippen LogP contribution >= 0.6 is 23.2 Å². The van der Waals surface area contributed by atoms with Crippen LogP contribution in [0, 0.1) is 0 Å². The van der Waals surface area contributed by atoms with Gasteiger partial charge in [-0.1, -0.05) is 35.3 Å². The summed E-state index contributed by atoms with van der Waals surface area (Å²) >= 11 is 11.9. The molecule has 0 fully saturated rings. The molecule has 0 radical (unpaired) electrons. The van der Waals surface area contributed by atoms with Gasteiger partial charge >= 0.3 is 0 Å². The van der Waals surface area contributed by atoms with Crippen molar-refractivity contribution >= 4 is 35.0 Å². The monoisotopic (exact) mass is 263 g/mol. The summed E-state index contributed by atoms with van der Waals surface area (Å²) in [5, 5.41) is 1.17. The summed E-state index contributed by atoms with van der Waals surface area (Å²) in [6.07, 6.45) is 1.49. The van der Waals surface area contributed by atoms with Gasteiger partial charge < -0.3 is 0 Å². The highest BCUT2D eigenvalue weighted by molar-refractivity contribution is 6.35. The number of hydrogen-bond acceptors (Lipinski definition) is 2. The summed E-state index contributed by atoms with van der Waals surface area (Å²) in [5.41, 5.74) is 2.44. The van der Waals surface area contributed by atoms with E-state index in [2.05, 4.69) is 4.99 Å². The number of nitrogens with zero attached hydrogens (tertiary/aromatic N) is 1. The molecule has 0 aromatic heterocycles. The molecule has 0 aliphatic heterocycles. The van der Waals surface area contributed by atoms with Gasteiger partial charge in [-0.25, -0.2) is 4.79 Å². The maximum atomic E-state index is 10.1. The van der Waals surface area contributed by atoms with Gasteiger partial charge in [-0.05, 0) is 41.5 Å². The minimum absolute atomic E-state index is 0.567. The van der Waals surface area contributed by atoms with Crippen LogP contribution in [0.1, 0.15) is 0 Å². The number of rotatable bonds is 2. The van der Waals surface area contributed by atoms with Gasteiger partial charge in [0.25, 0.3) is 0 Å². The van der Waals surface area contributed by atoms with E-state index in [1.165, 1.54) is 6.08 Å². The molecule has 0 heterocycles. The Kier molecular flexibility index (Phi) is 3.60. The first kappa shape index (κ1) is 11.9. The standard InChI is InChI=1S/C13H7Cl2NO/c14-11-5-10(6-12(15)7-11)9-1-3-13(4-2-9)16-8-17/h1-7H. The van der Waals surface area contributed by atoms with Crippen molar-refractivity contribution in [1.82, 2.24) is 0 Å². The summed E-state index contributed by atoms with van der Waals surface area (Å²) in [6, 6.07) is 12.5. The Hall–Kier alpha value is -1.60. The lowest BCUT2D eigenvalue weighted by atomic mass is 10.1. The lowest BCUT2D eigenvalue weighted by Crippen LogP contribution is -1.78. The third-order valence-corrected chi connectivity index (χ3v) is 2.67. The summed E-state index contributed by atoms with van der Waals surface area (Å²) in [4.78, 5) is 13.6. The highest BCUT2D eigenvalue weighted by Gasteiger charge is 2.01. The lowest BCUT2D eigenvalue weighted by molar-refractivity contribution is 0.565. The van der Waals surface area contributed by atoms with Crippen molar-refractivity contribution in [3.63, 3.8) is 0 Å². The molecule has 0 saturated heterocycles. The minimum atomic E-state index is 0.567. The summed E-state index contributed by atoms with van der Waals surface area (Å²) in [6.45, 7) is 0. The van der Waals surface area contributed by atoms with E-state index in [9.17, 15) is 4.79 Å². The Bertz CT molecular complexity index is 567. The first-order chi connectivity index (χ1) is 8.19. The maximum absolute atomic E-state index is 10.1. The zero-order chi connectivity index (χ0) is 12.3. The molecule has 17 heavy (non-hydrogen) atoms. The quantitative estimate of drug-likeness (QED) is 0.574. The summed E-state index contributed by atoms with van der Waals surface area (Å²) in [5.74, 6) is 0. The molecule has 84 valence electrons. The van der Waals surface area contributed by atoms with Crippen molar-refractivity contribution in [2.75, 3.05) is 0 Å². The van der Waals surface area contributed by atoms with Crippen molar-refractivity contribution in [3.05, 3.63) is 52.5 Å². The molecule has 0 aliphatic carbocycles. The van der Waals surface area contributed by atoms with Gasteiger partial charge in [0.05, 0.1) is 5.69 Å². The third-order valence-electron chi connectivity index (χ3n) is 2.24. The van der Waals surface area contributed by atoms with E-state index >= 15 is 0 Å². The van der Waals surface area contributed by atoms with Crippen LogP contribution < -0.4 is 0 Å². The Morgan fingerprint density at radius 1 is 0.882 bits per heavy atom. The first-order valence-electron chi connectivity index (χ1n) is 4.83. The Morgan fingerprint density at radius 3 is 2.00 bits per heavy atom. The molecule has 0 N–H and O–H groups in total. The molecule has 2 rings (SSSR count). The van der Waals surface area contributed by atoms with Crippen LogP contribution in [0.3, 0.4) is 0 Å². The van der Waals surface area contributed by atoms with Crippen LogP contribution in [-0.2, 0) is 4.79 Å². The molecule has 0 saturated carbocycles. The van der Waals surface area contributed by atoms with Crippen molar-refractivity contribution < 1.29 is 4.79 Å². The summed E-state index contributed by atoms with van der Waals surface area (Å²) in [7, 11) is 0. The van der Waals surface area contributed by atoms with E-state index in [1.54, 1.807) is 18.2 Å². The van der Waals surface area contributed by atoms with Gasteiger partial charge in [0, 0.05) is 10.0 Å². The van der Waals surface area contributed by atoms with Gasteiger partial charge in [-0.3, -0.25) is 0 Å². The Morgan fingerprint density at radius 2 is 1.47 bits per heavy atom. The van der Waals surface area contributed by atoms with Crippen LogP contribution in [-0.4, -0.2) is 6.08 Å². The van der Waals surface area contributed by atoms with Crippen LogP contribution in [0.4, 0.5) is 5.69 Å². The highest BCUT2D eigenvalue weighted by Crippen LogP contribution is 2.28. The maximum Gasteiger partial charge on any atom is 0.240 e. The van der Waals surface area contributed by atoms with Crippen molar-refractivity contribution in [2.45, 2.75) is 0 Å². The molecule has 0 bridgehead atoms. The molecule has 0 amide bonds. The predicted octanol–water partition coefficient (Wildman–Crippen LogP) is 4.63. The van der Waals surface area contributed by atoms with Gasteiger partial charge in [-0.15, -0.1) is 0 Å². The fourth-order valence-electron chi connectivity index (χ4n) is 1.50. The van der Waals surface area contributed by atoms with E-state index in [0.717, 1.165) is 11.1 Å². The second-order valence-corrected chi connectivity index (χ2v) is 4.28.